The molecule has 0 unspecified atom stereocenters. The highest BCUT2D eigenvalue weighted by atomic mass is 16.5. The van der Waals surface area contributed by atoms with Crippen molar-refractivity contribution in [3.63, 3.8) is 0 Å². The Morgan fingerprint density at radius 2 is 2.26 bits per heavy atom. The number of methoxy groups -OCH3 is 1. The van der Waals surface area contributed by atoms with Gasteiger partial charge in [-0.3, -0.25) is 4.79 Å². The Labute approximate surface area is 113 Å². The second kappa shape index (κ2) is 6.14. The summed E-state index contributed by atoms with van der Waals surface area (Å²) in [4.78, 5) is 11.8. The highest BCUT2D eigenvalue weighted by Gasteiger charge is 2.25. The lowest BCUT2D eigenvalue weighted by molar-refractivity contribution is -0.126. The lowest BCUT2D eigenvalue weighted by Gasteiger charge is -2.24. The topological polar surface area (TPSA) is 69.0 Å². The van der Waals surface area contributed by atoms with E-state index in [1.807, 2.05) is 18.5 Å². The van der Waals surface area contributed by atoms with E-state index in [0.717, 1.165) is 11.6 Å². The zero-order chi connectivity index (χ0) is 13.8. The van der Waals surface area contributed by atoms with Gasteiger partial charge < -0.3 is 14.6 Å². The summed E-state index contributed by atoms with van der Waals surface area (Å²) in [6.07, 6.45) is 3.67. The van der Waals surface area contributed by atoms with Crippen molar-refractivity contribution < 1.29 is 9.53 Å². The van der Waals surface area contributed by atoms with Crippen LogP contribution in [0.3, 0.4) is 0 Å². The first-order valence-electron chi connectivity index (χ1n) is 6.78. The lowest BCUT2D eigenvalue weighted by Crippen LogP contribution is -2.32. The van der Waals surface area contributed by atoms with Crippen molar-refractivity contribution >= 4 is 5.91 Å². The number of ether oxygens (including phenoxy) is 1. The van der Waals surface area contributed by atoms with Crippen LogP contribution in [0.25, 0.3) is 0 Å². The zero-order valence-corrected chi connectivity index (χ0v) is 11.8. The molecule has 1 amide bonds. The van der Waals surface area contributed by atoms with Crippen LogP contribution in [0.5, 0.6) is 0 Å². The number of nitrogens with zero attached hydrogens (tertiary/aromatic N) is 3. The van der Waals surface area contributed by atoms with E-state index in [4.69, 9.17) is 4.74 Å². The van der Waals surface area contributed by atoms with Gasteiger partial charge in [-0.15, -0.1) is 10.2 Å². The van der Waals surface area contributed by atoms with Gasteiger partial charge in [-0.1, -0.05) is 13.3 Å². The molecule has 1 aliphatic rings. The normalized spacial score (nSPS) is 17.0. The summed E-state index contributed by atoms with van der Waals surface area (Å²) in [5, 5.41) is 11.3. The van der Waals surface area contributed by atoms with Crippen molar-refractivity contribution in [2.45, 2.75) is 38.6 Å². The second-order valence-electron chi connectivity index (χ2n) is 5.24. The largest absolute Gasteiger partial charge is 0.384 e. The molecule has 2 rings (SSSR count). The smallest absolute Gasteiger partial charge is 0.225 e. The maximum absolute atomic E-state index is 11.8. The van der Waals surface area contributed by atoms with Gasteiger partial charge >= 0.3 is 0 Å². The van der Waals surface area contributed by atoms with E-state index in [1.54, 1.807) is 7.11 Å². The SMILES string of the molecule is COC[C@@H](C)C(=O)NCc1nnc(C2CCC2)n1C. The first-order chi connectivity index (χ1) is 9.13. The van der Waals surface area contributed by atoms with E-state index < -0.39 is 0 Å². The average Bonchev–Trinajstić information content (AvgIpc) is 2.67. The summed E-state index contributed by atoms with van der Waals surface area (Å²) < 4.78 is 6.97. The maximum atomic E-state index is 11.8. The quantitative estimate of drug-likeness (QED) is 0.833. The van der Waals surface area contributed by atoms with Gasteiger partial charge in [0.05, 0.1) is 19.1 Å². The van der Waals surface area contributed by atoms with E-state index in [2.05, 4.69) is 15.5 Å². The molecule has 6 heteroatoms. The van der Waals surface area contributed by atoms with Crippen LogP contribution in [0.15, 0.2) is 0 Å². The Balaban J connectivity index is 1.89. The molecular weight excluding hydrogens is 244 g/mol. The first-order valence-corrected chi connectivity index (χ1v) is 6.78. The molecule has 106 valence electrons. The Morgan fingerprint density at radius 3 is 2.84 bits per heavy atom. The fourth-order valence-electron chi connectivity index (χ4n) is 2.22. The highest BCUT2D eigenvalue weighted by molar-refractivity contribution is 5.78. The number of rotatable bonds is 6. The fourth-order valence-corrected chi connectivity index (χ4v) is 2.22. The molecule has 0 spiro atoms. The number of carbonyl (C=O) groups is 1. The molecule has 0 saturated heterocycles. The zero-order valence-electron chi connectivity index (χ0n) is 11.8. The third-order valence-corrected chi connectivity index (χ3v) is 3.75. The minimum absolute atomic E-state index is 0.0185. The maximum Gasteiger partial charge on any atom is 0.225 e. The molecule has 1 fully saturated rings. The predicted molar refractivity (Wildman–Crippen MR) is 70.5 cm³/mol. The van der Waals surface area contributed by atoms with Gasteiger partial charge in [-0.05, 0) is 12.8 Å². The number of hydrogen-bond acceptors (Lipinski definition) is 4. The molecule has 0 radical (unpaired) electrons. The van der Waals surface area contributed by atoms with E-state index >= 15 is 0 Å². The molecule has 0 aliphatic heterocycles. The van der Waals surface area contributed by atoms with Crippen LogP contribution in [-0.2, 0) is 23.1 Å². The van der Waals surface area contributed by atoms with Gasteiger partial charge in [0.1, 0.15) is 5.82 Å². The third-order valence-electron chi connectivity index (χ3n) is 3.75. The molecule has 1 heterocycles. The summed E-state index contributed by atoms with van der Waals surface area (Å²) in [6.45, 7) is 2.69. The van der Waals surface area contributed by atoms with Crippen molar-refractivity contribution in [1.29, 1.82) is 0 Å². The lowest BCUT2D eigenvalue weighted by atomic mass is 9.85. The van der Waals surface area contributed by atoms with Crippen molar-refractivity contribution in [2.24, 2.45) is 13.0 Å². The molecule has 19 heavy (non-hydrogen) atoms. The Hall–Kier alpha value is -1.43. The monoisotopic (exact) mass is 266 g/mol. The van der Waals surface area contributed by atoms with E-state index in [1.165, 1.54) is 19.3 Å². The number of nitrogens with one attached hydrogen (secondary N) is 1. The van der Waals surface area contributed by atoms with Gasteiger partial charge in [0.2, 0.25) is 5.91 Å². The van der Waals surface area contributed by atoms with Crippen molar-refractivity contribution in [2.75, 3.05) is 13.7 Å². The molecule has 1 N–H and O–H groups in total. The van der Waals surface area contributed by atoms with E-state index in [0.29, 0.717) is 19.1 Å². The number of hydrogen-bond donors (Lipinski definition) is 1. The number of aromatic nitrogens is 3. The van der Waals surface area contributed by atoms with Crippen LogP contribution in [0.4, 0.5) is 0 Å². The Bertz CT molecular complexity index is 440. The van der Waals surface area contributed by atoms with Crippen LogP contribution in [-0.4, -0.2) is 34.4 Å². The van der Waals surface area contributed by atoms with Gasteiger partial charge in [0.15, 0.2) is 5.82 Å². The summed E-state index contributed by atoms with van der Waals surface area (Å²) in [7, 11) is 3.56. The van der Waals surface area contributed by atoms with Crippen molar-refractivity contribution in [3.8, 4) is 0 Å². The molecular formula is C13H22N4O2. The predicted octanol–water partition coefficient (Wildman–Crippen LogP) is 0.981. The second-order valence-corrected chi connectivity index (χ2v) is 5.24. The standard InChI is InChI=1S/C13H22N4O2/c1-9(8-19-3)13(18)14-7-11-15-16-12(17(11)2)10-5-4-6-10/h9-10H,4-8H2,1-3H3,(H,14,18)/t9-/m1/s1. The Morgan fingerprint density at radius 1 is 1.53 bits per heavy atom. The molecule has 0 aromatic carbocycles. The number of carbonyl (C=O) groups excluding carboxylic acids is 1. The molecule has 1 aromatic rings. The van der Waals surface area contributed by atoms with Gasteiger partial charge in [0.25, 0.3) is 0 Å². The molecule has 1 atom stereocenters. The fraction of sp³-hybridized carbons (Fsp3) is 0.769. The van der Waals surface area contributed by atoms with Gasteiger partial charge in [-0.25, -0.2) is 0 Å². The van der Waals surface area contributed by atoms with Crippen molar-refractivity contribution in [3.05, 3.63) is 11.6 Å². The van der Waals surface area contributed by atoms with Crippen LogP contribution >= 0.6 is 0 Å². The minimum Gasteiger partial charge on any atom is -0.384 e. The molecule has 0 bridgehead atoms. The van der Waals surface area contributed by atoms with Crippen LogP contribution in [0, 0.1) is 5.92 Å². The van der Waals surface area contributed by atoms with E-state index in [-0.39, 0.29) is 11.8 Å². The number of amides is 1. The van der Waals surface area contributed by atoms with Crippen LogP contribution in [0.2, 0.25) is 0 Å². The first kappa shape index (κ1) is 14.0. The summed E-state index contributed by atoms with van der Waals surface area (Å²) in [5.41, 5.74) is 0. The van der Waals surface area contributed by atoms with Gasteiger partial charge in [-0.2, -0.15) is 0 Å². The third kappa shape index (κ3) is 3.12. The summed E-state index contributed by atoms with van der Waals surface area (Å²) in [5.74, 6) is 2.23. The highest BCUT2D eigenvalue weighted by Crippen LogP contribution is 2.34. The van der Waals surface area contributed by atoms with Crippen molar-refractivity contribution in [1.82, 2.24) is 20.1 Å². The Kier molecular flexibility index (Phi) is 4.52. The molecule has 1 aromatic heterocycles. The minimum atomic E-state index is -0.149. The van der Waals surface area contributed by atoms with E-state index in [9.17, 15) is 4.79 Å². The van der Waals surface area contributed by atoms with Crippen LogP contribution < -0.4 is 5.32 Å². The summed E-state index contributed by atoms with van der Waals surface area (Å²) >= 11 is 0. The molecule has 1 aliphatic carbocycles. The van der Waals surface area contributed by atoms with Crippen LogP contribution in [0.1, 0.15) is 43.8 Å². The average molecular weight is 266 g/mol. The molecule has 1 saturated carbocycles. The summed E-state index contributed by atoms with van der Waals surface area (Å²) in [6, 6.07) is 0. The van der Waals surface area contributed by atoms with Gasteiger partial charge in [0, 0.05) is 20.1 Å². The molecule has 6 nitrogen and oxygen atoms in total.